The second-order valence-electron chi connectivity index (χ2n) is 4.36. The lowest BCUT2D eigenvalue weighted by molar-refractivity contribution is 0.181. The first-order valence-corrected chi connectivity index (χ1v) is 5.86. The van der Waals surface area contributed by atoms with Crippen molar-refractivity contribution in [3.63, 3.8) is 0 Å². The molecular formula is C10H12ClN5O. The summed E-state index contributed by atoms with van der Waals surface area (Å²) in [7, 11) is 0. The molecule has 17 heavy (non-hydrogen) atoms. The fourth-order valence-electron chi connectivity index (χ4n) is 2.29. The number of imidazole rings is 1. The molecule has 0 bridgehead atoms. The van der Waals surface area contributed by atoms with E-state index in [1.165, 1.54) is 11.0 Å². The summed E-state index contributed by atoms with van der Waals surface area (Å²) in [4.78, 5) is 12.7. The summed E-state index contributed by atoms with van der Waals surface area (Å²) < 4.78 is 1.31. The number of halogens is 1. The Hall–Kier alpha value is -1.40. The van der Waals surface area contributed by atoms with E-state index < -0.39 is 0 Å². The van der Waals surface area contributed by atoms with Crippen LogP contribution in [0.1, 0.15) is 31.0 Å². The first-order chi connectivity index (χ1) is 8.15. The third-order valence-corrected chi connectivity index (χ3v) is 3.44. The maximum Gasteiger partial charge on any atom is 0.184 e. The highest BCUT2D eigenvalue weighted by Gasteiger charge is 2.27. The van der Waals surface area contributed by atoms with Crippen LogP contribution < -0.4 is 5.84 Å². The van der Waals surface area contributed by atoms with Crippen molar-refractivity contribution in [3.8, 4) is 0 Å². The SMILES string of the molecule is Nn1cnc2nc([C@H]3CC[C@@H](O)C3)nc(Cl)c21. The molecule has 1 saturated carbocycles. The van der Waals surface area contributed by atoms with Crippen molar-refractivity contribution in [2.75, 3.05) is 5.84 Å². The van der Waals surface area contributed by atoms with Crippen LogP contribution in [0.15, 0.2) is 6.33 Å². The van der Waals surface area contributed by atoms with Gasteiger partial charge in [-0.3, -0.25) is 0 Å². The molecule has 0 aliphatic heterocycles. The van der Waals surface area contributed by atoms with Gasteiger partial charge in [0.05, 0.1) is 6.10 Å². The summed E-state index contributed by atoms with van der Waals surface area (Å²) in [6, 6.07) is 0. The molecule has 0 spiro atoms. The van der Waals surface area contributed by atoms with Crippen molar-refractivity contribution >= 4 is 22.8 Å². The lowest BCUT2D eigenvalue weighted by atomic mass is 10.1. The van der Waals surface area contributed by atoms with Crippen molar-refractivity contribution in [1.82, 2.24) is 19.6 Å². The van der Waals surface area contributed by atoms with Crippen molar-refractivity contribution in [3.05, 3.63) is 17.3 Å². The van der Waals surface area contributed by atoms with Gasteiger partial charge in [0.15, 0.2) is 10.8 Å². The molecule has 2 aromatic heterocycles. The summed E-state index contributed by atoms with van der Waals surface area (Å²) in [5.74, 6) is 6.46. The Morgan fingerprint density at radius 3 is 2.94 bits per heavy atom. The Morgan fingerprint density at radius 1 is 1.41 bits per heavy atom. The largest absolute Gasteiger partial charge is 0.393 e. The van der Waals surface area contributed by atoms with E-state index >= 15 is 0 Å². The number of hydrogen-bond donors (Lipinski definition) is 2. The lowest BCUT2D eigenvalue weighted by Gasteiger charge is -2.08. The highest BCUT2D eigenvalue weighted by molar-refractivity contribution is 6.33. The van der Waals surface area contributed by atoms with Crippen molar-refractivity contribution in [1.29, 1.82) is 0 Å². The summed E-state index contributed by atoms with van der Waals surface area (Å²) in [5.41, 5.74) is 1.04. The number of nitrogens with two attached hydrogens (primary N) is 1. The van der Waals surface area contributed by atoms with Crippen molar-refractivity contribution in [2.24, 2.45) is 0 Å². The minimum atomic E-state index is -0.259. The molecule has 1 aliphatic carbocycles. The quantitative estimate of drug-likeness (QED) is 0.580. The molecule has 2 heterocycles. The van der Waals surface area contributed by atoms with Gasteiger partial charge in [0, 0.05) is 5.92 Å². The molecule has 1 fully saturated rings. The van der Waals surface area contributed by atoms with Gasteiger partial charge in [-0.15, -0.1) is 0 Å². The average molecular weight is 254 g/mol. The van der Waals surface area contributed by atoms with Gasteiger partial charge in [-0.25, -0.2) is 19.6 Å². The predicted molar refractivity (Wildman–Crippen MR) is 63.1 cm³/mol. The van der Waals surface area contributed by atoms with Gasteiger partial charge in [0.1, 0.15) is 17.7 Å². The number of hydrogen-bond acceptors (Lipinski definition) is 5. The molecule has 3 rings (SSSR count). The molecule has 0 radical (unpaired) electrons. The van der Waals surface area contributed by atoms with E-state index in [2.05, 4.69) is 15.0 Å². The number of fused-ring (bicyclic) bond motifs is 1. The molecule has 90 valence electrons. The van der Waals surface area contributed by atoms with E-state index in [1.54, 1.807) is 0 Å². The predicted octanol–water partition coefficient (Wildman–Crippen LogP) is 0.822. The maximum atomic E-state index is 9.52. The number of nitrogens with zero attached hydrogens (tertiary/aromatic N) is 4. The first-order valence-electron chi connectivity index (χ1n) is 5.49. The highest BCUT2D eigenvalue weighted by atomic mass is 35.5. The second kappa shape index (κ2) is 3.82. The number of rotatable bonds is 1. The van der Waals surface area contributed by atoms with Crippen LogP contribution in [0.2, 0.25) is 5.15 Å². The molecule has 0 amide bonds. The molecule has 2 aromatic rings. The molecular weight excluding hydrogens is 242 g/mol. The average Bonchev–Trinajstić information content (AvgIpc) is 2.86. The van der Waals surface area contributed by atoms with Crippen molar-refractivity contribution in [2.45, 2.75) is 31.3 Å². The van der Waals surface area contributed by atoms with E-state index in [0.29, 0.717) is 28.6 Å². The van der Waals surface area contributed by atoms with Crippen LogP contribution in [-0.4, -0.2) is 30.8 Å². The Balaban J connectivity index is 2.07. The van der Waals surface area contributed by atoms with Gasteiger partial charge in [0.2, 0.25) is 0 Å². The summed E-state index contributed by atoms with van der Waals surface area (Å²) in [6.45, 7) is 0. The van der Waals surface area contributed by atoms with Crippen LogP contribution >= 0.6 is 11.6 Å². The summed E-state index contributed by atoms with van der Waals surface area (Å²) in [5, 5.41) is 9.83. The minimum Gasteiger partial charge on any atom is -0.393 e. The van der Waals surface area contributed by atoms with Crippen LogP contribution in [0.3, 0.4) is 0 Å². The normalized spacial score (nSPS) is 24.6. The fraction of sp³-hybridized carbons (Fsp3) is 0.500. The third kappa shape index (κ3) is 1.73. The van der Waals surface area contributed by atoms with Gasteiger partial charge >= 0.3 is 0 Å². The Labute approximate surface area is 102 Å². The van der Waals surface area contributed by atoms with E-state index in [-0.39, 0.29) is 12.0 Å². The molecule has 0 aromatic carbocycles. The minimum absolute atomic E-state index is 0.162. The zero-order valence-corrected chi connectivity index (χ0v) is 9.80. The van der Waals surface area contributed by atoms with Crippen LogP contribution in [0.4, 0.5) is 0 Å². The van der Waals surface area contributed by atoms with E-state index in [4.69, 9.17) is 17.4 Å². The molecule has 0 unspecified atom stereocenters. The van der Waals surface area contributed by atoms with Crippen LogP contribution in [0.5, 0.6) is 0 Å². The van der Waals surface area contributed by atoms with Gasteiger partial charge in [-0.05, 0) is 19.3 Å². The van der Waals surface area contributed by atoms with Gasteiger partial charge in [-0.2, -0.15) is 0 Å². The van der Waals surface area contributed by atoms with Gasteiger partial charge in [0.25, 0.3) is 0 Å². The monoisotopic (exact) mass is 253 g/mol. The fourth-order valence-corrected chi connectivity index (χ4v) is 2.56. The summed E-state index contributed by atoms with van der Waals surface area (Å²) in [6.07, 6.45) is 3.55. The van der Waals surface area contributed by atoms with Crippen LogP contribution in [0, 0.1) is 0 Å². The van der Waals surface area contributed by atoms with Crippen molar-refractivity contribution < 1.29 is 5.11 Å². The molecule has 3 N–H and O–H groups in total. The molecule has 1 aliphatic rings. The molecule has 0 saturated heterocycles. The van der Waals surface area contributed by atoms with Crippen LogP contribution in [-0.2, 0) is 0 Å². The standard InChI is InChI=1S/C10H12ClN5O/c11-8-7-10(13-4-16(7)12)15-9(14-8)5-1-2-6(17)3-5/h4-6,17H,1-3,12H2/t5-,6+/m0/s1. The summed E-state index contributed by atoms with van der Waals surface area (Å²) >= 11 is 6.07. The molecule has 6 nitrogen and oxygen atoms in total. The maximum absolute atomic E-state index is 9.52. The van der Waals surface area contributed by atoms with E-state index in [9.17, 15) is 5.11 Å². The molecule has 7 heteroatoms. The first kappa shape index (κ1) is 10.7. The zero-order valence-electron chi connectivity index (χ0n) is 9.04. The van der Waals surface area contributed by atoms with E-state index in [1.807, 2.05) is 0 Å². The Bertz CT molecular complexity index is 569. The van der Waals surface area contributed by atoms with E-state index in [0.717, 1.165) is 12.8 Å². The molecule has 2 atom stereocenters. The number of aliphatic hydroxyl groups excluding tert-OH is 1. The number of aliphatic hydroxyl groups is 1. The Kier molecular flexibility index (Phi) is 2.41. The second-order valence-corrected chi connectivity index (χ2v) is 4.72. The van der Waals surface area contributed by atoms with Crippen LogP contribution in [0.25, 0.3) is 11.2 Å². The lowest BCUT2D eigenvalue weighted by Crippen LogP contribution is -2.08. The van der Waals surface area contributed by atoms with Gasteiger partial charge in [-0.1, -0.05) is 11.6 Å². The smallest absolute Gasteiger partial charge is 0.184 e. The zero-order chi connectivity index (χ0) is 12.0. The Morgan fingerprint density at radius 2 is 2.24 bits per heavy atom. The third-order valence-electron chi connectivity index (χ3n) is 3.17. The number of nitrogen functional groups attached to an aromatic ring is 1. The number of aromatic nitrogens is 4. The topological polar surface area (TPSA) is 89.9 Å². The van der Waals surface area contributed by atoms with Gasteiger partial charge < -0.3 is 10.9 Å². The highest BCUT2D eigenvalue weighted by Crippen LogP contribution is 2.33.